The molecule has 0 saturated carbocycles. The maximum Gasteiger partial charge on any atom is 0.370 e. The number of hydrogen-bond donors (Lipinski definition) is 2. The first-order valence-electron chi connectivity index (χ1n) is 3.60. The molecule has 1 aromatic rings. The highest BCUT2D eigenvalue weighted by Crippen LogP contribution is 1.91. The predicted octanol–water partition coefficient (Wildman–Crippen LogP) is -3.84. The third kappa shape index (κ3) is 3.53. The number of halogens is 1. The first kappa shape index (κ1) is 12.6. The van der Waals surface area contributed by atoms with Crippen molar-refractivity contribution in [3.05, 3.63) is 30.1 Å². The fraction of sp³-hybridized carbons (Fsp3) is 0.125. The highest BCUT2D eigenvalue weighted by molar-refractivity contribution is 5.92. The Morgan fingerprint density at radius 3 is 2.64 bits per heavy atom. The number of aromatic nitrogens is 1. The molecule has 0 atom stereocenters. The molecule has 0 fully saturated rings. The normalized spacial score (nSPS) is 8.86. The van der Waals surface area contributed by atoms with E-state index in [2.05, 4.69) is 0 Å². The lowest BCUT2D eigenvalue weighted by Crippen LogP contribution is -3.00. The van der Waals surface area contributed by atoms with Gasteiger partial charge in [0.05, 0.1) is 0 Å². The van der Waals surface area contributed by atoms with E-state index in [-0.39, 0.29) is 23.5 Å². The summed E-state index contributed by atoms with van der Waals surface area (Å²) >= 11 is 0. The molecule has 0 spiro atoms. The summed E-state index contributed by atoms with van der Waals surface area (Å²) in [5.74, 6) is -1.54. The fourth-order valence-corrected chi connectivity index (χ4v) is 0.922. The zero-order valence-electron chi connectivity index (χ0n) is 7.18. The van der Waals surface area contributed by atoms with Crippen LogP contribution in [0.25, 0.3) is 0 Å². The minimum absolute atomic E-state index is 0. The van der Waals surface area contributed by atoms with Crippen LogP contribution in [-0.4, -0.2) is 17.0 Å². The molecule has 0 saturated heterocycles. The van der Waals surface area contributed by atoms with E-state index in [4.69, 9.17) is 10.8 Å². The molecule has 1 amide bonds. The quantitative estimate of drug-likeness (QED) is 0.547. The number of primary amides is 1. The smallest absolute Gasteiger partial charge is 0.370 e. The number of nitrogens with zero attached hydrogens (tertiary/aromatic N) is 1. The van der Waals surface area contributed by atoms with Gasteiger partial charge >= 0.3 is 5.97 Å². The largest absolute Gasteiger partial charge is 1.00 e. The SMILES string of the molecule is NC(=O)c1ccc[n+](CC(=O)O)c1.[Br-]. The van der Waals surface area contributed by atoms with Crippen molar-refractivity contribution >= 4 is 11.9 Å². The number of carbonyl (C=O) groups is 2. The van der Waals surface area contributed by atoms with E-state index in [0.717, 1.165) is 0 Å². The molecule has 76 valence electrons. The van der Waals surface area contributed by atoms with E-state index in [9.17, 15) is 9.59 Å². The van der Waals surface area contributed by atoms with Crippen LogP contribution in [0.2, 0.25) is 0 Å². The Labute approximate surface area is 90.9 Å². The van der Waals surface area contributed by atoms with Crippen molar-refractivity contribution in [3.63, 3.8) is 0 Å². The number of pyridine rings is 1. The number of hydrogen-bond acceptors (Lipinski definition) is 2. The second-order valence-corrected chi connectivity index (χ2v) is 2.52. The summed E-state index contributed by atoms with van der Waals surface area (Å²) in [5, 5.41) is 8.46. The average Bonchev–Trinajstić information content (AvgIpc) is 2.03. The molecule has 5 nitrogen and oxygen atoms in total. The van der Waals surface area contributed by atoms with Crippen LogP contribution in [0.1, 0.15) is 10.4 Å². The lowest BCUT2D eigenvalue weighted by atomic mass is 10.3. The number of carboxylic acids is 1. The second kappa shape index (κ2) is 5.33. The Balaban J connectivity index is 0.00000169. The first-order chi connectivity index (χ1) is 6.09. The topological polar surface area (TPSA) is 84.3 Å². The van der Waals surface area contributed by atoms with Crippen LogP contribution in [0.3, 0.4) is 0 Å². The van der Waals surface area contributed by atoms with Gasteiger partial charge in [-0.3, -0.25) is 4.79 Å². The minimum Gasteiger partial charge on any atom is -1.00 e. The van der Waals surface area contributed by atoms with Crippen LogP contribution in [-0.2, 0) is 11.3 Å². The molecule has 1 aromatic heterocycles. The molecule has 0 bridgehead atoms. The van der Waals surface area contributed by atoms with Gasteiger partial charge in [-0.15, -0.1) is 0 Å². The van der Waals surface area contributed by atoms with Crippen LogP contribution in [0.5, 0.6) is 0 Å². The third-order valence-corrected chi connectivity index (χ3v) is 1.46. The standard InChI is InChI=1S/C8H8N2O3.BrH/c9-8(13)6-2-1-3-10(4-6)5-7(11)12;/h1-4H,5H2,(H2-,9,11,12,13);1H. The third-order valence-electron chi connectivity index (χ3n) is 1.46. The second-order valence-electron chi connectivity index (χ2n) is 2.52. The molecule has 0 radical (unpaired) electrons. The maximum atomic E-state index is 10.7. The molecule has 0 aromatic carbocycles. The summed E-state index contributed by atoms with van der Waals surface area (Å²) in [7, 11) is 0. The molecule has 0 aliphatic heterocycles. The average molecular weight is 261 g/mol. The number of carboxylic acid groups (broad SMARTS) is 1. The number of amides is 1. The number of aliphatic carboxylic acids is 1. The van der Waals surface area contributed by atoms with Crippen molar-refractivity contribution in [1.29, 1.82) is 0 Å². The molecule has 0 aliphatic rings. The highest BCUT2D eigenvalue weighted by Gasteiger charge is 2.09. The van der Waals surface area contributed by atoms with Gasteiger partial charge in [-0.25, -0.2) is 4.79 Å². The lowest BCUT2D eigenvalue weighted by Gasteiger charge is -1.94. The Hall–Kier alpha value is -1.43. The Morgan fingerprint density at radius 2 is 2.14 bits per heavy atom. The van der Waals surface area contributed by atoms with Gasteiger partial charge in [-0.1, -0.05) is 0 Å². The van der Waals surface area contributed by atoms with Gasteiger partial charge in [0.2, 0.25) is 6.54 Å². The molecule has 14 heavy (non-hydrogen) atoms. The minimum atomic E-state index is -0.966. The van der Waals surface area contributed by atoms with Crippen LogP contribution in [0.4, 0.5) is 0 Å². The van der Waals surface area contributed by atoms with Crippen molar-refractivity contribution in [2.45, 2.75) is 6.54 Å². The van der Waals surface area contributed by atoms with Gasteiger partial charge < -0.3 is 27.8 Å². The van der Waals surface area contributed by atoms with Crippen molar-refractivity contribution in [1.82, 2.24) is 0 Å². The van der Waals surface area contributed by atoms with Crippen LogP contribution < -0.4 is 27.3 Å². The Bertz CT molecular complexity index is 354. The van der Waals surface area contributed by atoms with E-state index in [1.165, 1.54) is 16.8 Å². The van der Waals surface area contributed by atoms with E-state index in [1.807, 2.05) is 0 Å². The molecule has 0 aliphatic carbocycles. The van der Waals surface area contributed by atoms with Crippen LogP contribution in [0.15, 0.2) is 24.5 Å². The van der Waals surface area contributed by atoms with Gasteiger partial charge in [0.1, 0.15) is 5.56 Å². The summed E-state index contributed by atoms with van der Waals surface area (Å²) in [6, 6.07) is 3.10. The molecule has 3 N–H and O–H groups in total. The molecule has 0 unspecified atom stereocenters. The monoisotopic (exact) mass is 260 g/mol. The lowest BCUT2D eigenvalue weighted by molar-refractivity contribution is -0.685. The van der Waals surface area contributed by atoms with Crippen molar-refractivity contribution in [2.75, 3.05) is 0 Å². The van der Waals surface area contributed by atoms with Gasteiger partial charge in [0.15, 0.2) is 12.4 Å². The van der Waals surface area contributed by atoms with Gasteiger partial charge in [-0.2, -0.15) is 4.57 Å². The number of nitrogens with two attached hydrogens (primary N) is 1. The van der Waals surface area contributed by atoms with Gasteiger partial charge in [0, 0.05) is 6.07 Å². The first-order valence-corrected chi connectivity index (χ1v) is 3.60. The Morgan fingerprint density at radius 1 is 1.50 bits per heavy atom. The van der Waals surface area contributed by atoms with Crippen LogP contribution >= 0.6 is 0 Å². The maximum absolute atomic E-state index is 10.7. The van der Waals surface area contributed by atoms with Crippen molar-refractivity contribution < 1.29 is 36.2 Å². The van der Waals surface area contributed by atoms with E-state index in [0.29, 0.717) is 5.56 Å². The summed E-state index contributed by atoms with van der Waals surface area (Å²) < 4.78 is 1.38. The predicted molar refractivity (Wildman–Crippen MR) is 42.8 cm³/mol. The summed E-state index contributed by atoms with van der Waals surface area (Å²) in [6.07, 6.45) is 2.96. The molecule has 1 heterocycles. The molecular weight excluding hydrogens is 252 g/mol. The molecule has 1 rings (SSSR count). The summed E-state index contributed by atoms with van der Waals surface area (Å²) in [4.78, 5) is 21.0. The van der Waals surface area contributed by atoms with Crippen LogP contribution in [0, 0.1) is 0 Å². The van der Waals surface area contributed by atoms with E-state index in [1.54, 1.807) is 12.3 Å². The summed E-state index contributed by atoms with van der Waals surface area (Å²) in [5.41, 5.74) is 5.31. The van der Waals surface area contributed by atoms with E-state index < -0.39 is 11.9 Å². The number of rotatable bonds is 3. The Kier molecular flexibility index (Phi) is 4.79. The zero-order valence-corrected chi connectivity index (χ0v) is 8.77. The van der Waals surface area contributed by atoms with Gasteiger partial charge in [0.25, 0.3) is 5.91 Å². The molecular formula is C8H9BrN2O3. The van der Waals surface area contributed by atoms with Crippen molar-refractivity contribution in [2.24, 2.45) is 5.73 Å². The number of carbonyl (C=O) groups excluding carboxylic acids is 1. The van der Waals surface area contributed by atoms with E-state index >= 15 is 0 Å². The van der Waals surface area contributed by atoms with Crippen molar-refractivity contribution in [3.8, 4) is 0 Å². The fourth-order valence-electron chi connectivity index (χ4n) is 0.922. The highest BCUT2D eigenvalue weighted by atomic mass is 79.9. The van der Waals surface area contributed by atoms with Gasteiger partial charge in [-0.05, 0) is 6.07 Å². The zero-order chi connectivity index (χ0) is 9.84. The molecule has 6 heteroatoms. The summed E-state index contributed by atoms with van der Waals surface area (Å²) in [6.45, 7) is -0.179.